The number of carbonyl (C=O) groups excluding carboxylic acids is 1. The molecule has 1 amide bonds. The monoisotopic (exact) mass is 707 g/mol. The van der Waals surface area contributed by atoms with Gasteiger partial charge in [0.1, 0.15) is 0 Å². The van der Waals surface area contributed by atoms with Crippen LogP contribution in [-0.4, -0.2) is 44.8 Å². The molecule has 4 aliphatic rings. The Morgan fingerprint density at radius 3 is 2.33 bits per heavy atom. The molecule has 5 heterocycles. The third-order valence-electron chi connectivity index (χ3n) is 10.00. The Bertz CT molecular complexity index is 2310. The van der Waals surface area contributed by atoms with E-state index in [1.54, 1.807) is 18.2 Å². The minimum Gasteiger partial charge on any atom is -0.454 e. The van der Waals surface area contributed by atoms with Gasteiger partial charge >= 0.3 is 6.18 Å². The molecular formula is C39H32F3N5O5. The Labute approximate surface area is 296 Å². The van der Waals surface area contributed by atoms with Gasteiger partial charge in [-0.05, 0) is 83.9 Å². The first-order chi connectivity index (χ1) is 25.1. The molecule has 2 unspecified atom stereocenters. The maximum Gasteiger partial charge on any atom is 0.433 e. The van der Waals surface area contributed by atoms with E-state index in [0.717, 1.165) is 53.3 Å². The van der Waals surface area contributed by atoms with Gasteiger partial charge in [-0.2, -0.15) is 23.4 Å². The van der Waals surface area contributed by atoms with Gasteiger partial charge in [-0.25, -0.2) is 14.5 Å². The van der Waals surface area contributed by atoms with Gasteiger partial charge in [-0.1, -0.05) is 50.2 Å². The number of nitrogens with zero attached hydrogens (tertiary/aromatic N) is 5. The highest BCUT2D eigenvalue weighted by atomic mass is 19.4. The van der Waals surface area contributed by atoms with Crippen molar-refractivity contribution in [2.45, 2.75) is 51.2 Å². The van der Waals surface area contributed by atoms with Crippen molar-refractivity contribution in [2.75, 3.05) is 13.6 Å². The summed E-state index contributed by atoms with van der Waals surface area (Å²) < 4.78 is 66.6. The predicted molar refractivity (Wildman–Crippen MR) is 184 cm³/mol. The molecule has 0 bridgehead atoms. The second kappa shape index (κ2) is 12.1. The van der Waals surface area contributed by atoms with E-state index >= 15 is 0 Å². The van der Waals surface area contributed by atoms with Crippen LogP contribution in [0.4, 0.5) is 13.2 Å². The Hall–Kier alpha value is -5.85. The van der Waals surface area contributed by atoms with Crippen molar-refractivity contribution in [1.29, 1.82) is 0 Å². The number of halogens is 3. The van der Waals surface area contributed by atoms with Gasteiger partial charge < -0.3 is 18.9 Å². The molecule has 52 heavy (non-hydrogen) atoms. The highest BCUT2D eigenvalue weighted by molar-refractivity contribution is 6.09. The summed E-state index contributed by atoms with van der Waals surface area (Å²) in [4.78, 5) is 19.0. The predicted octanol–water partition coefficient (Wildman–Crippen LogP) is 8.43. The Kier molecular flexibility index (Phi) is 7.49. The molecule has 0 spiro atoms. The van der Waals surface area contributed by atoms with Gasteiger partial charge in [0.2, 0.25) is 13.6 Å². The van der Waals surface area contributed by atoms with Crippen LogP contribution in [0.2, 0.25) is 0 Å². The Balaban J connectivity index is 1.13. The number of benzene rings is 3. The van der Waals surface area contributed by atoms with Crippen molar-refractivity contribution < 1.29 is 36.9 Å². The molecule has 3 aromatic carbocycles. The van der Waals surface area contributed by atoms with Crippen LogP contribution >= 0.6 is 0 Å². The molecule has 1 fully saturated rings. The minimum atomic E-state index is -4.77. The van der Waals surface area contributed by atoms with Gasteiger partial charge in [0.25, 0.3) is 5.91 Å². The van der Waals surface area contributed by atoms with E-state index in [1.165, 1.54) is 11.1 Å². The van der Waals surface area contributed by atoms with E-state index < -0.39 is 23.8 Å². The summed E-state index contributed by atoms with van der Waals surface area (Å²) in [6.45, 7) is 4.33. The molecule has 1 saturated carbocycles. The number of rotatable bonds is 5. The quantitative estimate of drug-likeness (QED) is 0.181. The summed E-state index contributed by atoms with van der Waals surface area (Å²) in [7, 11) is 0. The molecule has 2 aromatic heterocycles. The molecule has 13 heteroatoms. The number of carbonyl (C=O) groups is 1. The van der Waals surface area contributed by atoms with Crippen molar-refractivity contribution in [3.05, 3.63) is 106 Å². The second-order valence-corrected chi connectivity index (χ2v) is 13.6. The number of allylic oxidation sites excluding steroid dienone is 1. The van der Waals surface area contributed by atoms with Gasteiger partial charge in [-0.3, -0.25) is 4.79 Å². The number of alkyl halides is 3. The summed E-state index contributed by atoms with van der Waals surface area (Å²) in [6, 6.07) is 20.2. The normalized spacial score (nSPS) is 19.8. The molecule has 5 aromatic rings. The van der Waals surface area contributed by atoms with Crippen LogP contribution in [0.5, 0.6) is 23.0 Å². The fourth-order valence-electron chi connectivity index (χ4n) is 7.39. The largest absolute Gasteiger partial charge is 0.454 e. The molecule has 3 aliphatic heterocycles. The summed E-state index contributed by atoms with van der Waals surface area (Å²) in [5.74, 6) is 1.88. The maximum absolute atomic E-state index is 14.5. The fourth-order valence-corrected chi connectivity index (χ4v) is 7.39. The number of aromatic nitrogens is 3. The average molecular weight is 708 g/mol. The zero-order chi connectivity index (χ0) is 35.7. The van der Waals surface area contributed by atoms with Crippen molar-refractivity contribution in [1.82, 2.24) is 19.6 Å². The molecule has 0 N–H and O–H groups in total. The SMILES string of the molecule is CC(C)c1ccc(-c2cc(C(F)(F)F)n3nc(C(=O)N4N=C5/C(=C\c6ccc7c(c6)OCO7)CCCC5C4c4ccc5c(c4)OCO5)cc3n2)cc1. The lowest BCUT2D eigenvalue weighted by Gasteiger charge is -2.29. The summed E-state index contributed by atoms with van der Waals surface area (Å²) in [6.07, 6.45) is -0.418. The molecule has 1 aliphatic carbocycles. The van der Waals surface area contributed by atoms with Gasteiger partial charge in [0.05, 0.1) is 17.4 Å². The third-order valence-corrected chi connectivity index (χ3v) is 10.00. The van der Waals surface area contributed by atoms with Crippen LogP contribution in [0, 0.1) is 5.92 Å². The van der Waals surface area contributed by atoms with E-state index in [0.29, 0.717) is 33.1 Å². The molecular weight excluding hydrogens is 675 g/mol. The molecule has 0 radical (unpaired) electrons. The lowest BCUT2D eigenvalue weighted by molar-refractivity contribution is -0.142. The number of hydrazone groups is 1. The van der Waals surface area contributed by atoms with E-state index in [1.807, 2.05) is 62.4 Å². The Morgan fingerprint density at radius 1 is 0.885 bits per heavy atom. The lowest BCUT2D eigenvalue weighted by Crippen LogP contribution is -2.32. The number of amides is 1. The van der Waals surface area contributed by atoms with Crippen molar-refractivity contribution in [3.8, 4) is 34.3 Å². The first-order valence-corrected chi connectivity index (χ1v) is 17.1. The van der Waals surface area contributed by atoms with Gasteiger partial charge in [0, 0.05) is 17.5 Å². The highest BCUT2D eigenvalue weighted by Gasteiger charge is 2.45. The molecule has 0 saturated heterocycles. The number of ether oxygens (including phenoxy) is 4. The highest BCUT2D eigenvalue weighted by Crippen LogP contribution is 2.47. The lowest BCUT2D eigenvalue weighted by atomic mass is 9.77. The molecule has 2 atom stereocenters. The second-order valence-electron chi connectivity index (χ2n) is 13.6. The standard InChI is InChI=1S/C39H32F3N5O5/c1-21(2)23-7-9-24(10-8-23)28-17-34(39(40,41)42)46-35(43-28)18-29(44-46)38(48)47-37(26-11-13-31-33(16-26)52-20-50-31)27-5-3-4-25(36(27)45-47)14-22-6-12-30-32(15-22)51-19-49-30/h6-18,21,27,37H,3-5,19-20H2,1-2H3/b25-14-. The van der Waals surface area contributed by atoms with Crippen LogP contribution < -0.4 is 18.9 Å². The van der Waals surface area contributed by atoms with Gasteiger partial charge in [-0.15, -0.1) is 0 Å². The molecule has 264 valence electrons. The van der Waals surface area contributed by atoms with Crippen molar-refractivity contribution in [2.24, 2.45) is 11.0 Å². The summed E-state index contributed by atoms with van der Waals surface area (Å²) in [5.41, 5.74) is 3.70. The Morgan fingerprint density at radius 2 is 1.60 bits per heavy atom. The van der Waals surface area contributed by atoms with Crippen LogP contribution in [0.15, 0.2) is 83.5 Å². The van der Waals surface area contributed by atoms with Gasteiger partial charge in [0.15, 0.2) is 40.0 Å². The van der Waals surface area contributed by atoms with E-state index in [-0.39, 0.29) is 42.5 Å². The van der Waals surface area contributed by atoms with Crippen LogP contribution in [-0.2, 0) is 6.18 Å². The number of fused-ring (bicyclic) bond motifs is 4. The molecule has 9 rings (SSSR count). The maximum atomic E-state index is 14.5. The number of hydrogen-bond acceptors (Lipinski definition) is 8. The zero-order valence-corrected chi connectivity index (χ0v) is 28.2. The van der Waals surface area contributed by atoms with Crippen molar-refractivity contribution >= 4 is 23.3 Å². The van der Waals surface area contributed by atoms with Crippen LogP contribution in [0.25, 0.3) is 23.0 Å². The third kappa shape index (κ3) is 5.51. The first-order valence-electron chi connectivity index (χ1n) is 17.1. The van der Waals surface area contributed by atoms with Crippen LogP contribution in [0.3, 0.4) is 0 Å². The fraction of sp³-hybridized carbons (Fsp3) is 0.282. The van der Waals surface area contributed by atoms with E-state index in [9.17, 15) is 18.0 Å². The number of hydrogen-bond donors (Lipinski definition) is 0. The zero-order valence-electron chi connectivity index (χ0n) is 28.2. The van der Waals surface area contributed by atoms with E-state index in [2.05, 4.69) is 10.1 Å². The van der Waals surface area contributed by atoms with Crippen molar-refractivity contribution in [3.63, 3.8) is 0 Å². The summed E-state index contributed by atoms with van der Waals surface area (Å²) >= 11 is 0. The smallest absolute Gasteiger partial charge is 0.433 e. The topological polar surface area (TPSA) is 99.8 Å². The minimum absolute atomic E-state index is 0.0827. The first kappa shape index (κ1) is 32.1. The van der Waals surface area contributed by atoms with E-state index in [4.69, 9.17) is 24.0 Å². The average Bonchev–Trinajstić information content (AvgIpc) is 3.95. The van der Waals surface area contributed by atoms with Crippen LogP contribution in [0.1, 0.15) is 77.9 Å². The molecule has 10 nitrogen and oxygen atoms in total. The summed E-state index contributed by atoms with van der Waals surface area (Å²) in [5, 5.41) is 10.5.